The van der Waals surface area contributed by atoms with Crippen molar-refractivity contribution in [3.05, 3.63) is 47.7 Å². The van der Waals surface area contributed by atoms with Crippen LogP contribution in [-0.2, 0) is 0 Å². The topological polar surface area (TPSA) is 64.1 Å². The molecule has 0 spiro atoms. The highest BCUT2D eigenvalue weighted by Gasteiger charge is 2.12. The maximum atomic E-state index is 13.4. The maximum Gasteiger partial charge on any atom is 0.276 e. The van der Waals surface area contributed by atoms with E-state index in [1.165, 1.54) is 12.1 Å². The van der Waals surface area contributed by atoms with Gasteiger partial charge >= 0.3 is 0 Å². The Morgan fingerprint density at radius 2 is 2.05 bits per heavy atom. The van der Waals surface area contributed by atoms with Gasteiger partial charge in [0.05, 0.1) is 12.3 Å². The third-order valence-electron chi connectivity index (χ3n) is 2.34. The van der Waals surface area contributed by atoms with Crippen LogP contribution in [0.5, 0.6) is 5.88 Å². The van der Waals surface area contributed by atoms with E-state index in [4.69, 9.17) is 4.74 Å². The first-order valence-corrected chi connectivity index (χ1v) is 5.83. The van der Waals surface area contributed by atoms with Gasteiger partial charge in [-0.15, -0.1) is 10.2 Å². The minimum atomic E-state index is -0.737. The van der Waals surface area contributed by atoms with Gasteiger partial charge in [0.1, 0.15) is 11.6 Å². The van der Waals surface area contributed by atoms with Crippen LogP contribution in [0.3, 0.4) is 0 Å². The van der Waals surface area contributed by atoms with Gasteiger partial charge in [0.2, 0.25) is 5.88 Å². The number of carbonyl (C=O) groups excluding carboxylic acids is 1. The molecule has 7 heteroatoms. The molecule has 1 N–H and O–H groups in total. The van der Waals surface area contributed by atoms with Gasteiger partial charge < -0.3 is 10.1 Å². The normalized spacial score (nSPS) is 10.2. The number of anilines is 1. The molecule has 0 radical (unpaired) electrons. The van der Waals surface area contributed by atoms with Crippen molar-refractivity contribution in [2.45, 2.75) is 6.92 Å². The number of halogens is 2. The van der Waals surface area contributed by atoms with E-state index in [0.717, 1.165) is 18.2 Å². The van der Waals surface area contributed by atoms with Gasteiger partial charge in [0, 0.05) is 12.1 Å². The molecule has 0 aliphatic carbocycles. The van der Waals surface area contributed by atoms with Crippen molar-refractivity contribution in [2.75, 3.05) is 11.9 Å². The van der Waals surface area contributed by atoms with Gasteiger partial charge in [-0.25, -0.2) is 8.78 Å². The minimum Gasteiger partial charge on any atom is -0.477 e. The summed E-state index contributed by atoms with van der Waals surface area (Å²) >= 11 is 0. The highest BCUT2D eigenvalue weighted by atomic mass is 19.1. The zero-order chi connectivity index (χ0) is 14.5. The van der Waals surface area contributed by atoms with Crippen LogP contribution in [0, 0.1) is 11.6 Å². The van der Waals surface area contributed by atoms with Crippen LogP contribution in [-0.4, -0.2) is 22.7 Å². The molecule has 0 fully saturated rings. The van der Waals surface area contributed by atoms with Gasteiger partial charge in [-0.2, -0.15) is 0 Å². The Bertz CT molecular complexity index is 618. The van der Waals surface area contributed by atoms with Crippen LogP contribution < -0.4 is 10.1 Å². The number of aromatic nitrogens is 2. The average molecular weight is 279 g/mol. The van der Waals surface area contributed by atoms with E-state index in [1.807, 2.05) is 0 Å². The van der Waals surface area contributed by atoms with Gasteiger partial charge in [-0.1, -0.05) is 0 Å². The first-order chi connectivity index (χ1) is 9.60. The van der Waals surface area contributed by atoms with E-state index < -0.39 is 17.5 Å². The van der Waals surface area contributed by atoms with E-state index in [9.17, 15) is 13.6 Å². The molecule has 2 rings (SSSR count). The molecule has 0 saturated carbocycles. The van der Waals surface area contributed by atoms with Crippen LogP contribution in [0.1, 0.15) is 17.4 Å². The first kappa shape index (κ1) is 13.9. The number of nitrogens with zero attached hydrogens (tertiary/aromatic N) is 2. The third-order valence-corrected chi connectivity index (χ3v) is 2.34. The van der Waals surface area contributed by atoms with Gasteiger partial charge in [0.15, 0.2) is 5.69 Å². The van der Waals surface area contributed by atoms with Crippen LogP contribution in [0.4, 0.5) is 14.5 Å². The molecular formula is C13H11F2N3O2. The molecule has 104 valence electrons. The fraction of sp³-hybridized carbons (Fsp3) is 0.154. The summed E-state index contributed by atoms with van der Waals surface area (Å²) in [5, 5.41) is 9.53. The Kier molecular flexibility index (Phi) is 4.19. The highest BCUT2D eigenvalue weighted by molar-refractivity contribution is 6.02. The van der Waals surface area contributed by atoms with Gasteiger partial charge in [-0.3, -0.25) is 4.79 Å². The fourth-order valence-corrected chi connectivity index (χ4v) is 1.45. The number of amides is 1. The Morgan fingerprint density at radius 3 is 2.70 bits per heavy atom. The number of hydrogen-bond donors (Lipinski definition) is 1. The molecular weight excluding hydrogens is 268 g/mol. The van der Waals surface area contributed by atoms with Crippen LogP contribution in [0.25, 0.3) is 0 Å². The van der Waals surface area contributed by atoms with Crippen molar-refractivity contribution >= 4 is 11.6 Å². The molecule has 0 unspecified atom stereocenters. The SMILES string of the molecule is CCOc1ccc(C(=O)Nc2cc(F)ccc2F)nn1. The summed E-state index contributed by atoms with van der Waals surface area (Å²) in [6.07, 6.45) is 0. The molecule has 20 heavy (non-hydrogen) atoms. The molecule has 0 aliphatic heterocycles. The fourth-order valence-electron chi connectivity index (χ4n) is 1.45. The van der Waals surface area contributed by atoms with Crippen molar-refractivity contribution < 1.29 is 18.3 Å². The number of benzene rings is 1. The second-order valence-corrected chi connectivity index (χ2v) is 3.77. The monoisotopic (exact) mass is 279 g/mol. The number of rotatable bonds is 4. The molecule has 1 heterocycles. The summed E-state index contributed by atoms with van der Waals surface area (Å²) in [6.45, 7) is 2.21. The molecule has 2 aromatic rings. The number of carbonyl (C=O) groups is 1. The molecule has 0 bridgehead atoms. The summed E-state index contributed by atoms with van der Waals surface area (Å²) < 4.78 is 31.4. The summed E-state index contributed by atoms with van der Waals surface area (Å²) in [4.78, 5) is 11.8. The van der Waals surface area contributed by atoms with E-state index >= 15 is 0 Å². The highest BCUT2D eigenvalue weighted by Crippen LogP contribution is 2.16. The minimum absolute atomic E-state index is 0.0304. The lowest BCUT2D eigenvalue weighted by molar-refractivity contribution is 0.102. The summed E-state index contributed by atoms with van der Waals surface area (Å²) in [7, 11) is 0. The zero-order valence-electron chi connectivity index (χ0n) is 10.6. The largest absolute Gasteiger partial charge is 0.477 e. The maximum absolute atomic E-state index is 13.4. The first-order valence-electron chi connectivity index (χ1n) is 5.83. The Labute approximate surface area is 113 Å². The number of ether oxygens (including phenoxy) is 1. The molecule has 5 nitrogen and oxygen atoms in total. The van der Waals surface area contributed by atoms with Gasteiger partial charge in [0.25, 0.3) is 5.91 Å². The van der Waals surface area contributed by atoms with Crippen molar-refractivity contribution in [2.24, 2.45) is 0 Å². The van der Waals surface area contributed by atoms with Crippen LogP contribution in [0.15, 0.2) is 30.3 Å². The van der Waals surface area contributed by atoms with E-state index in [-0.39, 0.29) is 17.3 Å². The Hall–Kier alpha value is -2.57. The summed E-state index contributed by atoms with van der Waals surface area (Å²) in [5.74, 6) is -1.80. The Morgan fingerprint density at radius 1 is 1.25 bits per heavy atom. The standard InChI is InChI=1S/C13H11F2N3O2/c1-2-20-12-6-5-10(17-18-12)13(19)16-11-7-8(14)3-4-9(11)15/h3-7H,2H2,1H3,(H,16,19). The van der Waals surface area contributed by atoms with Crippen molar-refractivity contribution in [1.29, 1.82) is 0 Å². The van der Waals surface area contributed by atoms with Crippen molar-refractivity contribution in [3.63, 3.8) is 0 Å². The van der Waals surface area contributed by atoms with Gasteiger partial charge in [-0.05, 0) is 25.1 Å². The quantitative estimate of drug-likeness (QED) is 0.933. The predicted molar refractivity (Wildman–Crippen MR) is 67.5 cm³/mol. The van der Waals surface area contributed by atoms with E-state index in [2.05, 4.69) is 15.5 Å². The number of hydrogen-bond acceptors (Lipinski definition) is 4. The lowest BCUT2D eigenvalue weighted by Crippen LogP contribution is -2.15. The molecule has 0 atom stereocenters. The predicted octanol–water partition coefficient (Wildman–Crippen LogP) is 2.41. The van der Waals surface area contributed by atoms with Crippen LogP contribution >= 0.6 is 0 Å². The second-order valence-electron chi connectivity index (χ2n) is 3.77. The molecule has 0 aliphatic rings. The summed E-state index contributed by atoms with van der Waals surface area (Å²) in [6, 6.07) is 5.61. The third kappa shape index (κ3) is 3.25. The second kappa shape index (κ2) is 6.05. The molecule has 1 aromatic carbocycles. The van der Waals surface area contributed by atoms with Crippen molar-refractivity contribution in [1.82, 2.24) is 10.2 Å². The molecule has 1 amide bonds. The lowest BCUT2D eigenvalue weighted by Gasteiger charge is -2.06. The average Bonchev–Trinajstić information content (AvgIpc) is 2.44. The smallest absolute Gasteiger partial charge is 0.276 e. The summed E-state index contributed by atoms with van der Waals surface area (Å²) in [5.41, 5.74) is -0.289. The zero-order valence-corrected chi connectivity index (χ0v) is 10.6. The molecule has 1 aromatic heterocycles. The van der Waals surface area contributed by atoms with Crippen LogP contribution in [0.2, 0.25) is 0 Å². The number of nitrogens with one attached hydrogen (secondary N) is 1. The van der Waals surface area contributed by atoms with E-state index in [0.29, 0.717) is 6.61 Å². The molecule has 0 saturated heterocycles. The van der Waals surface area contributed by atoms with Crippen molar-refractivity contribution in [3.8, 4) is 5.88 Å². The lowest BCUT2D eigenvalue weighted by atomic mass is 10.2. The Balaban J connectivity index is 2.13. The van der Waals surface area contributed by atoms with E-state index in [1.54, 1.807) is 6.92 Å².